The van der Waals surface area contributed by atoms with E-state index < -0.39 is 0 Å². The second kappa shape index (κ2) is 5.31. The van der Waals surface area contributed by atoms with Crippen molar-refractivity contribution in [3.8, 4) is 0 Å². The second-order valence-electron chi connectivity index (χ2n) is 3.28. The molecule has 0 unspecified atom stereocenters. The topological polar surface area (TPSA) is 33.1 Å². The van der Waals surface area contributed by atoms with Crippen LogP contribution in [0.2, 0.25) is 0 Å². The molecule has 84 valence electrons. The summed E-state index contributed by atoms with van der Waals surface area (Å²) in [7, 11) is 0. The molecule has 1 N–H and O–H groups in total. The number of nitrogens with zero attached hydrogens (tertiary/aromatic N) is 1. The lowest BCUT2D eigenvalue weighted by molar-refractivity contribution is 0.281. The zero-order valence-electron chi connectivity index (χ0n) is 8.61. The van der Waals surface area contributed by atoms with Gasteiger partial charge in [0.25, 0.3) is 0 Å². The fourth-order valence-electron chi connectivity index (χ4n) is 1.20. The summed E-state index contributed by atoms with van der Waals surface area (Å²) in [4.78, 5) is 5.52. The molecule has 16 heavy (non-hydrogen) atoms. The van der Waals surface area contributed by atoms with Gasteiger partial charge in [0, 0.05) is 20.4 Å². The third kappa shape index (κ3) is 2.85. The van der Waals surface area contributed by atoms with Gasteiger partial charge in [-0.2, -0.15) is 0 Å². The van der Waals surface area contributed by atoms with E-state index in [9.17, 15) is 0 Å². The number of aryl methyl sites for hydroxylation is 1. The molecule has 2 nitrogen and oxygen atoms in total. The lowest BCUT2D eigenvalue weighted by Crippen LogP contribution is -1.84. The SMILES string of the molecule is Cc1csc(Sc2ccc(CO)cc2Br)n1. The normalized spacial score (nSPS) is 10.7. The Balaban J connectivity index is 2.21. The first-order chi connectivity index (χ1) is 7.69. The average molecular weight is 316 g/mol. The Morgan fingerprint density at radius 1 is 1.50 bits per heavy atom. The third-order valence-electron chi connectivity index (χ3n) is 1.97. The molecule has 0 aliphatic heterocycles. The van der Waals surface area contributed by atoms with Gasteiger partial charge in [-0.25, -0.2) is 4.98 Å². The van der Waals surface area contributed by atoms with Crippen LogP contribution in [0.15, 0.2) is 37.3 Å². The molecule has 0 aliphatic carbocycles. The minimum absolute atomic E-state index is 0.0694. The van der Waals surface area contributed by atoms with Crippen LogP contribution in [0.4, 0.5) is 0 Å². The summed E-state index contributed by atoms with van der Waals surface area (Å²) in [5.74, 6) is 0. The van der Waals surface area contributed by atoms with E-state index in [2.05, 4.69) is 20.9 Å². The van der Waals surface area contributed by atoms with E-state index in [0.717, 1.165) is 25.0 Å². The second-order valence-corrected chi connectivity index (χ2v) is 6.28. The van der Waals surface area contributed by atoms with E-state index in [1.165, 1.54) is 0 Å². The predicted molar refractivity (Wildman–Crippen MR) is 71.0 cm³/mol. The summed E-state index contributed by atoms with van der Waals surface area (Å²) in [6.45, 7) is 2.06. The Hall–Kier alpha value is -0.360. The maximum Gasteiger partial charge on any atom is 0.154 e. The van der Waals surface area contributed by atoms with E-state index in [-0.39, 0.29) is 6.61 Å². The van der Waals surface area contributed by atoms with Crippen molar-refractivity contribution in [2.24, 2.45) is 0 Å². The molecule has 0 fully saturated rings. The van der Waals surface area contributed by atoms with Crippen molar-refractivity contribution in [1.29, 1.82) is 0 Å². The molecule has 5 heteroatoms. The van der Waals surface area contributed by atoms with Crippen molar-refractivity contribution in [3.63, 3.8) is 0 Å². The van der Waals surface area contributed by atoms with Crippen molar-refractivity contribution in [3.05, 3.63) is 39.3 Å². The largest absolute Gasteiger partial charge is 0.392 e. The predicted octanol–water partition coefficient (Wildman–Crippen LogP) is 3.86. The van der Waals surface area contributed by atoms with E-state index in [1.54, 1.807) is 23.1 Å². The lowest BCUT2D eigenvalue weighted by Gasteiger charge is -2.03. The number of aliphatic hydroxyl groups is 1. The Bertz CT molecular complexity index is 498. The van der Waals surface area contributed by atoms with E-state index in [1.807, 2.05) is 30.5 Å². The van der Waals surface area contributed by atoms with Crippen LogP contribution in [0, 0.1) is 6.92 Å². The quantitative estimate of drug-likeness (QED) is 0.933. The highest BCUT2D eigenvalue weighted by Gasteiger charge is 2.06. The summed E-state index contributed by atoms with van der Waals surface area (Å²) in [5, 5.41) is 11.0. The van der Waals surface area contributed by atoms with Crippen molar-refractivity contribution in [2.75, 3.05) is 0 Å². The minimum Gasteiger partial charge on any atom is -0.392 e. The van der Waals surface area contributed by atoms with Gasteiger partial charge in [0.05, 0.1) is 6.61 Å². The van der Waals surface area contributed by atoms with Crippen LogP contribution in [-0.2, 0) is 6.61 Å². The zero-order valence-corrected chi connectivity index (χ0v) is 11.8. The zero-order chi connectivity index (χ0) is 11.5. The highest BCUT2D eigenvalue weighted by atomic mass is 79.9. The smallest absolute Gasteiger partial charge is 0.154 e. The van der Waals surface area contributed by atoms with Gasteiger partial charge < -0.3 is 5.11 Å². The number of aromatic nitrogens is 1. The van der Waals surface area contributed by atoms with Crippen LogP contribution in [0.5, 0.6) is 0 Å². The Morgan fingerprint density at radius 3 is 2.88 bits per heavy atom. The van der Waals surface area contributed by atoms with Crippen LogP contribution >= 0.6 is 39.0 Å². The minimum atomic E-state index is 0.0694. The molecular weight excluding hydrogens is 306 g/mol. The number of hydrogen-bond acceptors (Lipinski definition) is 4. The molecule has 1 heterocycles. The first-order valence-electron chi connectivity index (χ1n) is 4.68. The monoisotopic (exact) mass is 315 g/mol. The molecule has 0 bridgehead atoms. The average Bonchev–Trinajstić information content (AvgIpc) is 2.67. The number of benzene rings is 1. The lowest BCUT2D eigenvalue weighted by atomic mass is 10.2. The molecule has 0 spiro atoms. The first-order valence-corrected chi connectivity index (χ1v) is 7.17. The molecule has 0 saturated heterocycles. The fourth-order valence-corrected chi connectivity index (χ4v) is 3.66. The molecule has 0 radical (unpaired) electrons. The summed E-state index contributed by atoms with van der Waals surface area (Å²) in [6, 6.07) is 5.85. The standard InChI is InChI=1S/C11H10BrNOS2/c1-7-6-15-11(13-7)16-10-3-2-8(5-14)4-9(10)12/h2-4,6,14H,5H2,1H3. The van der Waals surface area contributed by atoms with Gasteiger partial charge in [-0.3, -0.25) is 0 Å². The van der Waals surface area contributed by atoms with Gasteiger partial charge in [-0.15, -0.1) is 11.3 Å². The van der Waals surface area contributed by atoms with Crippen LogP contribution < -0.4 is 0 Å². The van der Waals surface area contributed by atoms with Crippen LogP contribution in [0.1, 0.15) is 11.3 Å². The number of rotatable bonds is 3. The summed E-state index contributed by atoms with van der Waals surface area (Å²) in [5.41, 5.74) is 1.96. The van der Waals surface area contributed by atoms with Crippen molar-refractivity contribution < 1.29 is 5.11 Å². The van der Waals surface area contributed by atoms with E-state index in [0.29, 0.717) is 0 Å². The Morgan fingerprint density at radius 2 is 2.31 bits per heavy atom. The summed E-state index contributed by atoms with van der Waals surface area (Å²) >= 11 is 6.77. The van der Waals surface area contributed by atoms with Gasteiger partial charge in [0.1, 0.15) is 0 Å². The molecule has 2 aromatic rings. The molecule has 0 saturated carbocycles. The molecule has 0 atom stereocenters. The van der Waals surface area contributed by atoms with Gasteiger partial charge in [-0.1, -0.05) is 17.8 Å². The molecule has 1 aromatic carbocycles. The van der Waals surface area contributed by atoms with Crippen LogP contribution in [-0.4, -0.2) is 10.1 Å². The number of hydrogen-bond donors (Lipinski definition) is 1. The molecule has 2 rings (SSSR count). The van der Waals surface area contributed by atoms with E-state index in [4.69, 9.17) is 5.11 Å². The van der Waals surface area contributed by atoms with Gasteiger partial charge in [0.15, 0.2) is 4.34 Å². The van der Waals surface area contributed by atoms with Crippen molar-refractivity contribution in [2.45, 2.75) is 22.8 Å². The molecule has 0 aliphatic rings. The maximum absolute atomic E-state index is 9.01. The van der Waals surface area contributed by atoms with Gasteiger partial charge in [0.2, 0.25) is 0 Å². The number of aliphatic hydroxyl groups excluding tert-OH is 1. The highest BCUT2D eigenvalue weighted by molar-refractivity contribution is 9.10. The summed E-state index contributed by atoms with van der Waals surface area (Å²) < 4.78 is 2.03. The van der Waals surface area contributed by atoms with Gasteiger partial charge >= 0.3 is 0 Å². The van der Waals surface area contributed by atoms with Crippen molar-refractivity contribution in [1.82, 2.24) is 4.98 Å². The number of thiazole rings is 1. The maximum atomic E-state index is 9.01. The van der Waals surface area contributed by atoms with Crippen LogP contribution in [0.25, 0.3) is 0 Å². The first kappa shape index (κ1) is 12.1. The molecular formula is C11H10BrNOS2. The molecule has 0 amide bonds. The fraction of sp³-hybridized carbons (Fsp3) is 0.182. The third-order valence-corrected chi connectivity index (χ3v) is 5.02. The summed E-state index contributed by atoms with van der Waals surface area (Å²) in [6.07, 6.45) is 0. The van der Waals surface area contributed by atoms with Crippen molar-refractivity contribution >= 4 is 39.0 Å². The van der Waals surface area contributed by atoms with Crippen LogP contribution in [0.3, 0.4) is 0 Å². The molecule has 1 aromatic heterocycles. The highest BCUT2D eigenvalue weighted by Crippen LogP contribution is 2.35. The Kier molecular flexibility index (Phi) is 4.02. The number of halogens is 1. The Labute approximate surface area is 111 Å². The van der Waals surface area contributed by atoms with Gasteiger partial charge in [-0.05, 0) is 40.5 Å². The van der Waals surface area contributed by atoms with E-state index >= 15 is 0 Å².